The van der Waals surface area contributed by atoms with Crippen LogP contribution in [0.3, 0.4) is 0 Å². The van der Waals surface area contributed by atoms with Crippen molar-refractivity contribution in [3.05, 3.63) is 0 Å². The molecule has 1 aromatic rings. The van der Waals surface area contributed by atoms with Crippen molar-refractivity contribution >= 4 is 17.8 Å². The van der Waals surface area contributed by atoms with E-state index in [1.807, 2.05) is 0 Å². The van der Waals surface area contributed by atoms with Crippen LogP contribution in [0.1, 0.15) is 13.8 Å². The molecule has 1 rings (SSSR count). The van der Waals surface area contributed by atoms with E-state index < -0.39 is 0 Å². The molecule has 7 heteroatoms. The molecule has 0 aromatic carbocycles. The van der Waals surface area contributed by atoms with Gasteiger partial charge in [0.15, 0.2) is 0 Å². The fourth-order valence-electron chi connectivity index (χ4n) is 1.05. The lowest BCUT2D eigenvalue weighted by Crippen LogP contribution is -2.25. The molecule has 0 fully saturated rings. The third kappa shape index (κ3) is 3.85. The number of anilines is 3. The standard InChI is InChI=1S/C9H18N6O/c1-6(2)4-16-5-15(3)9-13-7(10)12-8(11)14-9/h6H,4-5H2,1-3H3,(H4,10,11,12,13,14). The van der Waals surface area contributed by atoms with E-state index in [-0.39, 0.29) is 11.9 Å². The Morgan fingerprint density at radius 2 is 1.75 bits per heavy atom. The van der Waals surface area contributed by atoms with E-state index in [0.29, 0.717) is 25.2 Å². The topological polar surface area (TPSA) is 103 Å². The number of nitrogen functional groups attached to an aromatic ring is 2. The summed E-state index contributed by atoms with van der Waals surface area (Å²) < 4.78 is 5.43. The molecule has 1 heterocycles. The summed E-state index contributed by atoms with van der Waals surface area (Å²) in [5.74, 6) is 1.12. The van der Waals surface area contributed by atoms with Crippen molar-refractivity contribution in [3.8, 4) is 0 Å². The molecular formula is C9H18N6O. The van der Waals surface area contributed by atoms with Gasteiger partial charge in [0, 0.05) is 7.05 Å². The molecule has 0 spiro atoms. The molecule has 0 unspecified atom stereocenters. The number of nitrogens with two attached hydrogens (primary N) is 2. The van der Waals surface area contributed by atoms with Crippen LogP contribution in [0.4, 0.5) is 17.8 Å². The van der Waals surface area contributed by atoms with Gasteiger partial charge in [0.1, 0.15) is 6.73 Å². The van der Waals surface area contributed by atoms with Gasteiger partial charge in [-0.3, -0.25) is 0 Å². The van der Waals surface area contributed by atoms with Gasteiger partial charge in [0.2, 0.25) is 17.8 Å². The molecule has 0 bridgehead atoms. The van der Waals surface area contributed by atoms with E-state index in [4.69, 9.17) is 16.2 Å². The third-order valence-corrected chi connectivity index (χ3v) is 1.74. The highest BCUT2D eigenvalue weighted by atomic mass is 16.5. The molecule has 7 nitrogen and oxygen atoms in total. The van der Waals surface area contributed by atoms with Gasteiger partial charge in [-0.05, 0) is 5.92 Å². The van der Waals surface area contributed by atoms with Crippen LogP contribution in [-0.2, 0) is 4.74 Å². The summed E-state index contributed by atoms with van der Waals surface area (Å²) in [6.07, 6.45) is 0. The first-order valence-electron chi connectivity index (χ1n) is 5.05. The van der Waals surface area contributed by atoms with Crippen LogP contribution in [0.5, 0.6) is 0 Å². The Hall–Kier alpha value is -1.63. The molecule has 0 amide bonds. The largest absolute Gasteiger partial charge is 0.368 e. The molecule has 1 aromatic heterocycles. The molecule has 0 aliphatic rings. The molecule has 16 heavy (non-hydrogen) atoms. The molecule has 4 N–H and O–H groups in total. The predicted octanol–water partition coefficient (Wildman–Crippen LogP) is 0.102. The van der Waals surface area contributed by atoms with Gasteiger partial charge in [-0.15, -0.1) is 0 Å². The van der Waals surface area contributed by atoms with Crippen molar-refractivity contribution in [1.29, 1.82) is 0 Å². The maximum atomic E-state index is 5.46. The first kappa shape index (κ1) is 12.4. The third-order valence-electron chi connectivity index (χ3n) is 1.74. The van der Waals surface area contributed by atoms with Crippen LogP contribution in [0.15, 0.2) is 0 Å². The fourth-order valence-corrected chi connectivity index (χ4v) is 1.05. The highest BCUT2D eigenvalue weighted by Gasteiger charge is 2.07. The minimum Gasteiger partial charge on any atom is -0.368 e. The lowest BCUT2D eigenvalue weighted by molar-refractivity contribution is 0.112. The zero-order chi connectivity index (χ0) is 12.1. The lowest BCUT2D eigenvalue weighted by Gasteiger charge is -2.17. The summed E-state index contributed by atoms with van der Waals surface area (Å²) in [5.41, 5.74) is 10.9. The maximum absolute atomic E-state index is 5.46. The van der Waals surface area contributed by atoms with E-state index in [1.165, 1.54) is 0 Å². The molecular weight excluding hydrogens is 208 g/mol. The number of hydrogen-bond acceptors (Lipinski definition) is 7. The first-order valence-corrected chi connectivity index (χ1v) is 5.05. The average Bonchev–Trinajstić information content (AvgIpc) is 2.15. The van der Waals surface area contributed by atoms with Crippen LogP contribution >= 0.6 is 0 Å². The zero-order valence-corrected chi connectivity index (χ0v) is 9.84. The average molecular weight is 226 g/mol. The second kappa shape index (κ2) is 5.45. The van der Waals surface area contributed by atoms with Crippen LogP contribution in [0, 0.1) is 5.92 Å². The Labute approximate surface area is 94.8 Å². The Morgan fingerprint density at radius 1 is 1.19 bits per heavy atom. The predicted molar refractivity (Wildman–Crippen MR) is 62.7 cm³/mol. The fraction of sp³-hybridized carbons (Fsp3) is 0.667. The number of rotatable bonds is 5. The number of hydrogen-bond donors (Lipinski definition) is 2. The summed E-state index contributed by atoms with van der Waals surface area (Å²) in [5, 5.41) is 0. The zero-order valence-electron chi connectivity index (χ0n) is 9.84. The summed E-state index contributed by atoms with van der Waals surface area (Å²) in [4.78, 5) is 13.3. The van der Waals surface area contributed by atoms with Gasteiger partial charge in [0.25, 0.3) is 0 Å². The maximum Gasteiger partial charge on any atom is 0.233 e. The Bertz CT molecular complexity index is 323. The SMILES string of the molecule is CC(C)COCN(C)c1nc(N)nc(N)n1. The summed E-state index contributed by atoms with van der Waals surface area (Å²) in [7, 11) is 1.80. The highest BCUT2D eigenvalue weighted by Crippen LogP contribution is 2.08. The van der Waals surface area contributed by atoms with Crippen molar-refractivity contribution in [3.63, 3.8) is 0 Å². The Kier molecular flexibility index (Phi) is 4.24. The minimum absolute atomic E-state index is 0.109. The molecule has 0 aliphatic heterocycles. The smallest absolute Gasteiger partial charge is 0.233 e. The van der Waals surface area contributed by atoms with Gasteiger partial charge in [0.05, 0.1) is 6.61 Å². The summed E-state index contributed by atoms with van der Waals surface area (Å²) >= 11 is 0. The van der Waals surface area contributed by atoms with Crippen LogP contribution in [-0.4, -0.2) is 35.3 Å². The highest BCUT2D eigenvalue weighted by molar-refractivity contribution is 5.38. The number of nitrogens with zero attached hydrogens (tertiary/aromatic N) is 4. The van der Waals surface area contributed by atoms with Gasteiger partial charge >= 0.3 is 0 Å². The van der Waals surface area contributed by atoms with Gasteiger partial charge in [-0.1, -0.05) is 13.8 Å². The van der Waals surface area contributed by atoms with Crippen LogP contribution in [0.2, 0.25) is 0 Å². The van der Waals surface area contributed by atoms with Crippen molar-refractivity contribution < 1.29 is 4.74 Å². The van der Waals surface area contributed by atoms with Crippen molar-refractivity contribution in [2.45, 2.75) is 13.8 Å². The first-order chi connectivity index (χ1) is 7.49. The molecule has 0 aliphatic carbocycles. The molecule has 0 atom stereocenters. The summed E-state index contributed by atoms with van der Waals surface area (Å²) in [6, 6.07) is 0. The Balaban J connectivity index is 2.55. The van der Waals surface area contributed by atoms with E-state index in [1.54, 1.807) is 11.9 Å². The monoisotopic (exact) mass is 226 g/mol. The van der Waals surface area contributed by atoms with Gasteiger partial charge < -0.3 is 21.1 Å². The van der Waals surface area contributed by atoms with Crippen molar-refractivity contribution in [1.82, 2.24) is 15.0 Å². The van der Waals surface area contributed by atoms with Gasteiger partial charge in [-0.2, -0.15) is 15.0 Å². The molecule has 90 valence electrons. The second-order valence-corrected chi connectivity index (χ2v) is 3.94. The van der Waals surface area contributed by atoms with Crippen LogP contribution in [0.25, 0.3) is 0 Å². The van der Waals surface area contributed by atoms with Crippen molar-refractivity contribution in [2.24, 2.45) is 5.92 Å². The van der Waals surface area contributed by atoms with E-state index in [2.05, 4.69) is 28.8 Å². The van der Waals surface area contributed by atoms with Crippen LogP contribution < -0.4 is 16.4 Å². The number of aromatic nitrogens is 3. The number of ether oxygens (including phenoxy) is 1. The van der Waals surface area contributed by atoms with Gasteiger partial charge in [-0.25, -0.2) is 0 Å². The molecule has 0 radical (unpaired) electrons. The lowest BCUT2D eigenvalue weighted by atomic mass is 10.2. The van der Waals surface area contributed by atoms with E-state index >= 15 is 0 Å². The van der Waals surface area contributed by atoms with Crippen molar-refractivity contribution in [2.75, 3.05) is 36.8 Å². The summed E-state index contributed by atoms with van der Waals surface area (Å²) in [6.45, 7) is 5.24. The molecule has 0 saturated heterocycles. The molecule has 0 saturated carbocycles. The second-order valence-electron chi connectivity index (χ2n) is 3.94. The quantitative estimate of drug-likeness (QED) is 0.686. The van der Waals surface area contributed by atoms with E-state index in [9.17, 15) is 0 Å². The normalized spacial score (nSPS) is 10.8. The minimum atomic E-state index is 0.109. The Morgan fingerprint density at radius 3 is 2.25 bits per heavy atom. The van der Waals surface area contributed by atoms with E-state index in [0.717, 1.165) is 0 Å².